The summed E-state index contributed by atoms with van der Waals surface area (Å²) in [7, 11) is -4.37. The topological polar surface area (TPSA) is 119 Å². The van der Waals surface area contributed by atoms with Crippen LogP contribution in [0.25, 0.3) is 0 Å². The zero-order valence-electron chi connectivity index (χ0n) is 5.30. The zero-order chi connectivity index (χ0) is 8.20. The second kappa shape index (κ2) is 4.02. The Morgan fingerprint density at radius 3 is 2.40 bits per heavy atom. The number of hydrogen-bond acceptors (Lipinski definition) is 4. The van der Waals surface area contributed by atoms with E-state index in [1.54, 1.807) is 0 Å². The normalized spacial score (nSPS) is 15.2. The average Bonchev–Trinajstić information content (AvgIpc) is 1.81. The van der Waals surface area contributed by atoms with Crippen LogP contribution in [-0.4, -0.2) is 29.0 Å². The lowest BCUT2D eigenvalue weighted by molar-refractivity contribution is 0.187. The standard InChI is InChI=1S/C3H11N2O4P/c4-1-3(5)2-9-10(6,7)8/h3H,1-2,4-5H2,(H2,6,7,8)/t3-/m0/s1. The Balaban J connectivity index is 3.46. The van der Waals surface area contributed by atoms with E-state index in [0.717, 1.165) is 0 Å². The highest BCUT2D eigenvalue weighted by molar-refractivity contribution is 7.46. The lowest BCUT2D eigenvalue weighted by Crippen LogP contribution is -2.33. The van der Waals surface area contributed by atoms with Crippen LogP contribution >= 0.6 is 7.82 Å². The smallest absolute Gasteiger partial charge is 0.329 e. The fourth-order valence-corrected chi connectivity index (χ4v) is 0.647. The molecule has 0 radical (unpaired) electrons. The molecule has 0 spiro atoms. The van der Waals surface area contributed by atoms with Gasteiger partial charge in [-0.05, 0) is 0 Å². The molecule has 0 aliphatic heterocycles. The number of nitrogens with two attached hydrogens (primary N) is 2. The van der Waals surface area contributed by atoms with Crippen LogP contribution < -0.4 is 11.5 Å². The molecule has 7 heteroatoms. The van der Waals surface area contributed by atoms with Gasteiger partial charge in [-0.1, -0.05) is 0 Å². The lowest BCUT2D eigenvalue weighted by Gasteiger charge is -2.09. The van der Waals surface area contributed by atoms with Crippen LogP contribution in [-0.2, 0) is 9.09 Å². The van der Waals surface area contributed by atoms with Crippen molar-refractivity contribution in [3.8, 4) is 0 Å². The summed E-state index contributed by atoms with van der Waals surface area (Å²) in [4.78, 5) is 16.3. The zero-order valence-corrected chi connectivity index (χ0v) is 6.20. The Bertz CT molecular complexity index is 134. The molecule has 0 unspecified atom stereocenters. The van der Waals surface area contributed by atoms with Gasteiger partial charge in [0.1, 0.15) is 0 Å². The second-order valence-electron chi connectivity index (χ2n) is 1.78. The van der Waals surface area contributed by atoms with Gasteiger partial charge in [0.15, 0.2) is 0 Å². The molecule has 0 bridgehead atoms. The summed E-state index contributed by atoms with van der Waals surface area (Å²) in [6, 6.07) is -0.521. The molecule has 62 valence electrons. The molecule has 0 aromatic carbocycles. The highest BCUT2D eigenvalue weighted by atomic mass is 31.2. The number of phosphoric acid groups is 1. The van der Waals surface area contributed by atoms with Crippen LogP contribution in [0.2, 0.25) is 0 Å². The second-order valence-corrected chi connectivity index (χ2v) is 3.02. The Morgan fingerprint density at radius 1 is 1.60 bits per heavy atom. The Kier molecular flexibility index (Phi) is 4.04. The van der Waals surface area contributed by atoms with Crippen molar-refractivity contribution in [1.29, 1.82) is 0 Å². The molecule has 0 aromatic heterocycles. The summed E-state index contributed by atoms with van der Waals surface area (Å²) in [6.07, 6.45) is 0. The van der Waals surface area contributed by atoms with E-state index < -0.39 is 13.9 Å². The van der Waals surface area contributed by atoms with E-state index in [9.17, 15) is 4.57 Å². The minimum absolute atomic E-state index is 0.139. The highest BCUT2D eigenvalue weighted by Crippen LogP contribution is 2.35. The lowest BCUT2D eigenvalue weighted by atomic mass is 10.3. The van der Waals surface area contributed by atoms with Crippen LogP contribution in [0.4, 0.5) is 0 Å². The van der Waals surface area contributed by atoms with Gasteiger partial charge < -0.3 is 21.3 Å². The molecule has 6 nitrogen and oxygen atoms in total. The van der Waals surface area contributed by atoms with Gasteiger partial charge >= 0.3 is 7.82 Å². The van der Waals surface area contributed by atoms with Crippen molar-refractivity contribution in [1.82, 2.24) is 0 Å². The molecule has 0 saturated heterocycles. The van der Waals surface area contributed by atoms with E-state index >= 15 is 0 Å². The van der Waals surface area contributed by atoms with Crippen molar-refractivity contribution in [3.05, 3.63) is 0 Å². The maximum atomic E-state index is 10.0. The number of phosphoric ester groups is 1. The molecule has 1 atom stereocenters. The molecule has 6 N–H and O–H groups in total. The molecule has 0 aliphatic rings. The molecule has 0 saturated carbocycles. The minimum Gasteiger partial charge on any atom is -0.329 e. The fraction of sp³-hybridized carbons (Fsp3) is 1.00. The average molecular weight is 170 g/mol. The summed E-state index contributed by atoms with van der Waals surface area (Å²) in [5, 5.41) is 0. The maximum Gasteiger partial charge on any atom is 0.469 e. The first-order valence-electron chi connectivity index (χ1n) is 2.61. The van der Waals surface area contributed by atoms with Gasteiger partial charge in [0, 0.05) is 12.6 Å². The van der Waals surface area contributed by atoms with Gasteiger partial charge in [-0.2, -0.15) is 0 Å². The van der Waals surface area contributed by atoms with E-state index in [0.29, 0.717) is 0 Å². The predicted octanol–water partition coefficient (Wildman–Crippen LogP) is -1.62. The Morgan fingerprint density at radius 2 is 2.10 bits per heavy atom. The van der Waals surface area contributed by atoms with Gasteiger partial charge in [0.25, 0.3) is 0 Å². The first kappa shape index (κ1) is 10.0. The third-order valence-electron chi connectivity index (χ3n) is 0.760. The van der Waals surface area contributed by atoms with Crippen molar-refractivity contribution in [2.75, 3.05) is 13.2 Å². The molecular formula is C3H11N2O4P. The van der Waals surface area contributed by atoms with E-state index in [4.69, 9.17) is 21.3 Å². The van der Waals surface area contributed by atoms with E-state index in [1.807, 2.05) is 0 Å². The number of hydrogen-bond donors (Lipinski definition) is 4. The van der Waals surface area contributed by atoms with Gasteiger partial charge in [0.2, 0.25) is 0 Å². The third-order valence-corrected chi connectivity index (χ3v) is 1.24. The summed E-state index contributed by atoms with van der Waals surface area (Å²) >= 11 is 0. The summed E-state index contributed by atoms with van der Waals surface area (Å²) in [5.74, 6) is 0. The van der Waals surface area contributed by atoms with Crippen LogP contribution in [0.1, 0.15) is 0 Å². The van der Waals surface area contributed by atoms with Gasteiger partial charge in [-0.3, -0.25) is 4.52 Å². The number of rotatable bonds is 4. The highest BCUT2D eigenvalue weighted by Gasteiger charge is 2.14. The molecule has 0 amide bonds. The first-order valence-corrected chi connectivity index (χ1v) is 4.14. The van der Waals surface area contributed by atoms with E-state index in [-0.39, 0.29) is 13.2 Å². The van der Waals surface area contributed by atoms with Crippen LogP contribution in [0.3, 0.4) is 0 Å². The van der Waals surface area contributed by atoms with Crippen LogP contribution in [0.15, 0.2) is 0 Å². The SMILES string of the molecule is NC[C@H](N)COP(=O)(O)O. The van der Waals surface area contributed by atoms with E-state index in [2.05, 4.69) is 4.52 Å². The first-order chi connectivity index (χ1) is 4.45. The van der Waals surface area contributed by atoms with Crippen molar-refractivity contribution in [2.45, 2.75) is 6.04 Å². The largest absolute Gasteiger partial charge is 0.469 e. The summed E-state index contributed by atoms with van der Waals surface area (Å²) in [6.45, 7) is -0.0826. The van der Waals surface area contributed by atoms with Gasteiger partial charge in [-0.25, -0.2) is 4.57 Å². The van der Waals surface area contributed by atoms with E-state index in [1.165, 1.54) is 0 Å². The predicted molar refractivity (Wildman–Crippen MR) is 35.0 cm³/mol. The van der Waals surface area contributed by atoms with Crippen molar-refractivity contribution in [3.63, 3.8) is 0 Å². The maximum absolute atomic E-state index is 10.0. The molecule has 0 rings (SSSR count). The monoisotopic (exact) mass is 170 g/mol. The summed E-state index contributed by atoms with van der Waals surface area (Å²) < 4.78 is 14.1. The molecule has 0 aliphatic carbocycles. The van der Waals surface area contributed by atoms with Gasteiger partial charge in [0.05, 0.1) is 6.61 Å². The minimum atomic E-state index is -4.37. The fourth-order valence-electron chi connectivity index (χ4n) is 0.261. The molecular weight excluding hydrogens is 159 g/mol. The van der Waals surface area contributed by atoms with Gasteiger partial charge in [-0.15, -0.1) is 0 Å². The molecule has 10 heavy (non-hydrogen) atoms. The van der Waals surface area contributed by atoms with Crippen molar-refractivity contribution in [2.24, 2.45) is 11.5 Å². The van der Waals surface area contributed by atoms with Crippen molar-refractivity contribution >= 4 is 7.82 Å². The Labute approximate surface area is 58.4 Å². The van der Waals surface area contributed by atoms with Crippen LogP contribution in [0.5, 0.6) is 0 Å². The molecule has 0 fully saturated rings. The quantitative estimate of drug-likeness (QED) is 0.376. The third kappa shape index (κ3) is 6.15. The molecule has 0 heterocycles. The van der Waals surface area contributed by atoms with Crippen LogP contribution in [0, 0.1) is 0 Å². The Hall–Kier alpha value is 0.0300. The van der Waals surface area contributed by atoms with Crippen molar-refractivity contribution < 1.29 is 18.9 Å². The summed E-state index contributed by atoms with van der Waals surface area (Å²) in [5.41, 5.74) is 10.2. The molecule has 0 aromatic rings.